The fourth-order valence-electron chi connectivity index (χ4n) is 6.79. The summed E-state index contributed by atoms with van der Waals surface area (Å²) in [6, 6.07) is 16.4. The first-order valence-corrected chi connectivity index (χ1v) is 17.3. The van der Waals surface area contributed by atoms with Crippen LogP contribution < -0.4 is 0 Å². The molecule has 10 heteroatoms. The Morgan fingerprint density at radius 1 is 0.956 bits per heavy atom. The Labute approximate surface area is 270 Å². The van der Waals surface area contributed by atoms with E-state index in [2.05, 4.69) is 45.9 Å². The summed E-state index contributed by atoms with van der Waals surface area (Å²) in [5, 5.41) is 11.8. The molecule has 1 saturated heterocycles. The number of benzene rings is 1. The number of carboxylic acids is 1. The third-order valence-corrected chi connectivity index (χ3v) is 11.2. The molecule has 1 aliphatic carbocycles. The zero-order valence-electron chi connectivity index (χ0n) is 25.5. The molecule has 5 aromatic rings. The summed E-state index contributed by atoms with van der Waals surface area (Å²) in [5.74, 6) is -0.518. The Bertz CT molecular complexity index is 1890. The number of thiophene rings is 1. The van der Waals surface area contributed by atoms with Crippen LogP contribution in [0.25, 0.3) is 43.3 Å². The Kier molecular flexibility index (Phi) is 8.29. The number of aromatic nitrogens is 3. The minimum Gasteiger partial charge on any atom is -0.477 e. The fourth-order valence-corrected chi connectivity index (χ4v) is 8.55. The van der Waals surface area contributed by atoms with Crippen LogP contribution in [0.5, 0.6) is 0 Å². The summed E-state index contributed by atoms with van der Waals surface area (Å²) in [4.78, 5) is 39.3. The molecule has 1 amide bonds. The quantitative estimate of drug-likeness (QED) is 0.195. The van der Waals surface area contributed by atoms with Crippen LogP contribution in [0, 0.1) is 13.8 Å². The van der Waals surface area contributed by atoms with Crippen LogP contribution in [0.2, 0.25) is 0 Å². The number of ether oxygens (including phenoxy) is 1. The Morgan fingerprint density at radius 2 is 1.76 bits per heavy atom. The number of thiazole rings is 1. The number of morpholine rings is 1. The number of carbonyl (C=O) groups is 2. The molecule has 1 aromatic carbocycles. The van der Waals surface area contributed by atoms with E-state index >= 15 is 0 Å². The van der Waals surface area contributed by atoms with Crippen molar-refractivity contribution >= 4 is 45.5 Å². The highest BCUT2D eigenvalue weighted by Crippen LogP contribution is 2.44. The van der Waals surface area contributed by atoms with Gasteiger partial charge in [-0.25, -0.2) is 14.8 Å². The van der Waals surface area contributed by atoms with Crippen molar-refractivity contribution in [2.75, 3.05) is 26.3 Å². The lowest BCUT2D eigenvalue weighted by atomic mass is 9.83. The van der Waals surface area contributed by atoms with Gasteiger partial charge in [-0.05, 0) is 80.1 Å². The normalized spacial score (nSPS) is 16.0. The SMILES string of the molecule is Cc1nc(C)c(-c2ccc3cc(-c4c(C5CCCCC5)cc(-c5ccc(C(=O)O)s5)n4CC(=O)N4CCOCC4)ccc3n2)s1. The van der Waals surface area contributed by atoms with E-state index in [1.54, 1.807) is 17.4 Å². The van der Waals surface area contributed by atoms with Crippen molar-refractivity contribution in [2.24, 2.45) is 0 Å². The van der Waals surface area contributed by atoms with Gasteiger partial charge in [0.1, 0.15) is 11.4 Å². The number of carboxylic acid groups (broad SMARTS) is 1. The molecule has 8 nitrogen and oxygen atoms in total. The van der Waals surface area contributed by atoms with Gasteiger partial charge in [0.15, 0.2) is 0 Å². The predicted octanol–water partition coefficient (Wildman–Crippen LogP) is 7.78. The molecule has 4 aromatic heterocycles. The first-order valence-electron chi connectivity index (χ1n) is 15.6. The molecule has 1 saturated carbocycles. The van der Waals surface area contributed by atoms with Gasteiger partial charge in [-0.15, -0.1) is 22.7 Å². The number of pyridine rings is 1. The van der Waals surface area contributed by atoms with Gasteiger partial charge < -0.3 is 19.3 Å². The lowest BCUT2D eigenvalue weighted by Crippen LogP contribution is -2.42. The average Bonchev–Trinajstić information content (AvgIpc) is 3.78. The third-order valence-electron chi connectivity index (χ3n) is 9.00. The highest BCUT2D eigenvalue weighted by Gasteiger charge is 2.28. The Hall–Kier alpha value is -3.86. The van der Waals surface area contributed by atoms with E-state index in [1.807, 2.05) is 24.8 Å². The second-order valence-corrected chi connectivity index (χ2v) is 14.3. The summed E-state index contributed by atoms with van der Waals surface area (Å²) < 4.78 is 7.66. The molecule has 2 aliphatic rings. The van der Waals surface area contributed by atoms with Crippen molar-refractivity contribution in [2.45, 2.75) is 58.4 Å². The number of aryl methyl sites for hydroxylation is 2. The molecular weight excluding hydrogens is 605 g/mol. The Morgan fingerprint density at radius 3 is 2.47 bits per heavy atom. The van der Waals surface area contributed by atoms with Crippen LogP contribution in [-0.4, -0.2) is 62.7 Å². The van der Waals surface area contributed by atoms with Crippen LogP contribution in [0.1, 0.15) is 64.0 Å². The predicted molar refractivity (Wildman–Crippen MR) is 179 cm³/mol. The molecule has 0 atom stereocenters. The maximum atomic E-state index is 13.8. The molecule has 0 bridgehead atoms. The zero-order chi connectivity index (χ0) is 31.1. The molecule has 2 fully saturated rings. The van der Waals surface area contributed by atoms with Crippen LogP contribution in [0.15, 0.2) is 48.5 Å². The van der Waals surface area contributed by atoms with E-state index in [-0.39, 0.29) is 17.3 Å². The van der Waals surface area contributed by atoms with Crippen molar-refractivity contribution in [3.63, 3.8) is 0 Å². The van der Waals surface area contributed by atoms with Crippen LogP contribution in [0.3, 0.4) is 0 Å². The largest absolute Gasteiger partial charge is 0.477 e. The summed E-state index contributed by atoms with van der Waals surface area (Å²) in [5.41, 5.74) is 7.05. The lowest BCUT2D eigenvalue weighted by Gasteiger charge is -2.28. The van der Waals surface area contributed by atoms with Crippen molar-refractivity contribution < 1.29 is 19.4 Å². The molecule has 1 aliphatic heterocycles. The topological polar surface area (TPSA) is 97.5 Å². The average molecular weight is 641 g/mol. The number of carbonyl (C=O) groups excluding carboxylic acids is 1. The highest BCUT2D eigenvalue weighted by atomic mass is 32.1. The molecule has 232 valence electrons. The van der Waals surface area contributed by atoms with E-state index in [4.69, 9.17) is 9.72 Å². The van der Waals surface area contributed by atoms with E-state index in [1.165, 1.54) is 36.2 Å². The monoisotopic (exact) mass is 640 g/mol. The Balaban J connectivity index is 1.38. The second kappa shape index (κ2) is 12.5. The van der Waals surface area contributed by atoms with Gasteiger partial charge in [0.2, 0.25) is 5.91 Å². The molecule has 1 N–H and O–H groups in total. The standard InChI is InChI=1S/C35H36N4O4S2/c1-21-34(44-22(2)36-21)28-11-8-24-18-25(9-10-27(24)37-28)33-26(23-6-4-3-5-7-23)19-29(30-12-13-31(45-30)35(41)42)39(33)20-32(40)38-14-16-43-17-15-38/h8-13,18-19,23H,3-7,14-17,20H2,1-2H3,(H,41,42). The van der Waals surface area contributed by atoms with Crippen molar-refractivity contribution in [3.8, 4) is 32.4 Å². The zero-order valence-corrected chi connectivity index (χ0v) is 27.2. The van der Waals surface area contributed by atoms with E-state index in [0.717, 1.165) is 66.8 Å². The maximum absolute atomic E-state index is 13.8. The number of rotatable bonds is 7. The first kappa shape index (κ1) is 29.8. The number of nitrogens with zero attached hydrogens (tertiary/aromatic N) is 4. The smallest absolute Gasteiger partial charge is 0.345 e. The summed E-state index contributed by atoms with van der Waals surface area (Å²) in [7, 11) is 0. The van der Waals surface area contributed by atoms with Crippen molar-refractivity contribution in [1.29, 1.82) is 0 Å². The van der Waals surface area contributed by atoms with E-state index < -0.39 is 5.97 Å². The minimum atomic E-state index is -0.938. The maximum Gasteiger partial charge on any atom is 0.345 e. The fraction of sp³-hybridized carbons (Fsp3) is 0.371. The summed E-state index contributed by atoms with van der Waals surface area (Å²) >= 11 is 2.92. The third kappa shape index (κ3) is 5.94. The first-order chi connectivity index (χ1) is 21.9. The van der Waals surface area contributed by atoms with Gasteiger partial charge in [0.25, 0.3) is 0 Å². The number of amides is 1. The number of fused-ring (bicyclic) bond motifs is 1. The number of aromatic carboxylic acids is 1. The molecular formula is C35H36N4O4S2. The molecule has 5 heterocycles. The number of hydrogen-bond acceptors (Lipinski definition) is 7. The van der Waals surface area contributed by atoms with Gasteiger partial charge in [0, 0.05) is 18.5 Å². The lowest BCUT2D eigenvalue weighted by molar-refractivity contribution is -0.135. The van der Waals surface area contributed by atoms with Gasteiger partial charge in [-0.1, -0.05) is 31.4 Å². The van der Waals surface area contributed by atoms with Crippen LogP contribution in [0.4, 0.5) is 0 Å². The molecule has 0 unspecified atom stereocenters. The highest BCUT2D eigenvalue weighted by molar-refractivity contribution is 7.17. The van der Waals surface area contributed by atoms with Gasteiger partial charge >= 0.3 is 5.97 Å². The molecule has 7 rings (SSSR count). The minimum absolute atomic E-state index is 0.0453. The van der Waals surface area contributed by atoms with Crippen LogP contribution >= 0.6 is 22.7 Å². The summed E-state index contributed by atoms with van der Waals surface area (Å²) in [6.45, 7) is 6.45. The summed E-state index contributed by atoms with van der Waals surface area (Å²) in [6.07, 6.45) is 5.81. The molecule has 0 spiro atoms. The van der Waals surface area contributed by atoms with Crippen molar-refractivity contribution in [3.05, 3.63) is 69.7 Å². The second-order valence-electron chi connectivity index (χ2n) is 12.0. The van der Waals surface area contributed by atoms with E-state index in [0.29, 0.717) is 32.2 Å². The van der Waals surface area contributed by atoms with Crippen LogP contribution in [-0.2, 0) is 16.1 Å². The van der Waals surface area contributed by atoms with E-state index in [9.17, 15) is 14.7 Å². The molecule has 0 radical (unpaired) electrons. The van der Waals surface area contributed by atoms with Gasteiger partial charge in [-0.2, -0.15) is 0 Å². The van der Waals surface area contributed by atoms with Crippen molar-refractivity contribution in [1.82, 2.24) is 19.4 Å². The molecule has 45 heavy (non-hydrogen) atoms. The van der Waals surface area contributed by atoms with Gasteiger partial charge in [-0.3, -0.25) is 4.79 Å². The van der Waals surface area contributed by atoms with Gasteiger partial charge in [0.05, 0.1) is 56.3 Å². The number of hydrogen-bond donors (Lipinski definition) is 1.